The fraction of sp³-hybridized carbons (Fsp3) is 0.667. The minimum Gasteiger partial charge on any atom is -0.396 e. The Balaban J connectivity index is 1.62. The van der Waals surface area contributed by atoms with Crippen molar-refractivity contribution in [3.63, 3.8) is 0 Å². The molecule has 0 bridgehead atoms. The van der Waals surface area contributed by atoms with Gasteiger partial charge in [-0.25, -0.2) is 4.39 Å². The van der Waals surface area contributed by atoms with Crippen molar-refractivity contribution in [2.45, 2.75) is 50.7 Å². The van der Waals surface area contributed by atoms with Crippen LogP contribution >= 0.6 is 0 Å². The molecule has 3 rings (SSSR count). The SMILES string of the molecule is OCC[C@H]1CN(C2CCCC2)CCN1Cc1ccc(F)cc1. The molecule has 0 radical (unpaired) electrons. The minimum absolute atomic E-state index is 0.179. The molecule has 2 aliphatic rings. The lowest BCUT2D eigenvalue weighted by atomic mass is 10.0. The number of rotatable bonds is 5. The summed E-state index contributed by atoms with van der Waals surface area (Å²) < 4.78 is 13.0. The molecule has 22 heavy (non-hydrogen) atoms. The summed E-state index contributed by atoms with van der Waals surface area (Å²) in [5.41, 5.74) is 1.15. The lowest BCUT2D eigenvalue weighted by molar-refractivity contribution is 0.0326. The molecule has 1 saturated heterocycles. The van der Waals surface area contributed by atoms with E-state index in [0.29, 0.717) is 6.04 Å². The number of aliphatic hydroxyl groups excluding tert-OH is 1. The van der Waals surface area contributed by atoms with Crippen LogP contribution in [-0.2, 0) is 6.54 Å². The van der Waals surface area contributed by atoms with Crippen LogP contribution in [-0.4, -0.2) is 53.2 Å². The highest BCUT2D eigenvalue weighted by Gasteiger charge is 2.31. The van der Waals surface area contributed by atoms with Crippen molar-refractivity contribution in [1.29, 1.82) is 0 Å². The maximum Gasteiger partial charge on any atom is 0.123 e. The number of benzene rings is 1. The van der Waals surface area contributed by atoms with E-state index in [2.05, 4.69) is 9.80 Å². The van der Waals surface area contributed by atoms with E-state index in [9.17, 15) is 9.50 Å². The quantitative estimate of drug-likeness (QED) is 0.906. The molecule has 1 atom stereocenters. The van der Waals surface area contributed by atoms with Crippen LogP contribution in [0.25, 0.3) is 0 Å². The zero-order valence-electron chi connectivity index (χ0n) is 13.3. The summed E-state index contributed by atoms with van der Waals surface area (Å²) in [5, 5.41) is 9.40. The number of hydrogen-bond donors (Lipinski definition) is 1. The molecular formula is C18H27FN2O. The molecule has 1 aliphatic carbocycles. The molecule has 1 aliphatic heterocycles. The van der Waals surface area contributed by atoms with Gasteiger partial charge in [-0.15, -0.1) is 0 Å². The Hall–Kier alpha value is -0.970. The first-order valence-electron chi connectivity index (χ1n) is 8.59. The van der Waals surface area contributed by atoms with E-state index in [1.165, 1.54) is 37.8 Å². The van der Waals surface area contributed by atoms with Crippen LogP contribution in [0.5, 0.6) is 0 Å². The smallest absolute Gasteiger partial charge is 0.123 e. The molecule has 0 aromatic heterocycles. The molecule has 0 unspecified atom stereocenters. The van der Waals surface area contributed by atoms with E-state index in [-0.39, 0.29) is 12.4 Å². The highest BCUT2D eigenvalue weighted by atomic mass is 19.1. The Morgan fingerprint density at radius 3 is 2.50 bits per heavy atom. The van der Waals surface area contributed by atoms with E-state index < -0.39 is 0 Å². The first-order chi connectivity index (χ1) is 10.8. The van der Waals surface area contributed by atoms with Crippen LogP contribution in [0, 0.1) is 5.82 Å². The maximum absolute atomic E-state index is 13.0. The molecule has 1 saturated carbocycles. The topological polar surface area (TPSA) is 26.7 Å². The van der Waals surface area contributed by atoms with Crippen LogP contribution in [0.2, 0.25) is 0 Å². The molecule has 1 aromatic carbocycles. The van der Waals surface area contributed by atoms with Gasteiger partial charge in [0, 0.05) is 44.9 Å². The molecule has 0 spiro atoms. The second-order valence-electron chi connectivity index (χ2n) is 6.70. The third-order valence-electron chi connectivity index (χ3n) is 5.24. The summed E-state index contributed by atoms with van der Waals surface area (Å²) in [7, 11) is 0. The first kappa shape index (κ1) is 15.9. The van der Waals surface area contributed by atoms with Gasteiger partial charge in [0.25, 0.3) is 0 Å². The summed E-state index contributed by atoms with van der Waals surface area (Å²) in [6.45, 7) is 4.31. The molecule has 2 fully saturated rings. The van der Waals surface area contributed by atoms with Gasteiger partial charge >= 0.3 is 0 Å². The number of piperazine rings is 1. The summed E-state index contributed by atoms with van der Waals surface area (Å²) in [5.74, 6) is -0.179. The van der Waals surface area contributed by atoms with Gasteiger partial charge in [0.1, 0.15) is 5.82 Å². The second kappa shape index (κ2) is 7.53. The largest absolute Gasteiger partial charge is 0.396 e. The second-order valence-corrected chi connectivity index (χ2v) is 6.70. The van der Waals surface area contributed by atoms with Crippen LogP contribution in [0.3, 0.4) is 0 Å². The van der Waals surface area contributed by atoms with Crippen LogP contribution in [0.4, 0.5) is 4.39 Å². The fourth-order valence-electron chi connectivity index (χ4n) is 3.97. The zero-order chi connectivity index (χ0) is 15.4. The number of halogens is 1. The molecule has 3 nitrogen and oxygen atoms in total. The predicted molar refractivity (Wildman–Crippen MR) is 86.1 cm³/mol. The van der Waals surface area contributed by atoms with E-state index in [1.807, 2.05) is 12.1 Å². The molecule has 1 aromatic rings. The van der Waals surface area contributed by atoms with E-state index >= 15 is 0 Å². The maximum atomic E-state index is 13.0. The monoisotopic (exact) mass is 306 g/mol. The fourth-order valence-corrected chi connectivity index (χ4v) is 3.97. The Bertz CT molecular complexity index is 459. The van der Waals surface area contributed by atoms with Crippen molar-refractivity contribution in [2.24, 2.45) is 0 Å². The standard InChI is InChI=1S/C18H27FN2O/c19-16-7-5-15(6-8-16)13-20-10-11-21(14-18(20)9-12-22)17-3-1-2-4-17/h5-8,17-18,22H,1-4,9-14H2/t18-/m0/s1. The van der Waals surface area contributed by atoms with Gasteiger partial charge in [-0.05, 0) is 37.0 Å². The number of aliphatic hydroxyl groups is 1. The van der Waals surface area contributed by atoms with Crippen molar-refractivity contribution in [1.82, 2.24) is 9.80 Å². The average molecular weight is 306 g/mol. The Kier molecular flexibility index (Phi) is 5.45. The van der Waals surface area contributed by atoms with Crippen LogP contribution in [0.15, 0.2) is 24.3 Å². The lowest BCUT2D eigenvalue weighted by Crippen LogP contribution is -2.55. The minimum atomic E-state index is -0.179. The van der Waals surface area contributed by atoms with Gasteiger partial charge < -0.3 is 5.11 Å². The third kappa shape index (κ3) is 3.86. The van der Waals surface area contributed by atoms with E-state index in [4.69, 9.17) is 0 Å². The molecule has 1 heterocycles. The molecule has 122 valence electrons. The lowest BCUT2D eigenvalue weighted by Gasteiger charge is -2.44. The van der Waals surface area contributed by atoms with Crippen molar-refractivity contribution in [2.75, 3.05) is 26.2 Å². The average Bonchev–Trinajstić information content (AvgIpc) is 3.06. The van der Waals surface area contributed by atoms with Crippen molar-refractivity contribution in [3.05, 3.63) is 35.6 Å². The van der Waals surface area contributed by atoms with Gasteiger partial charge in [0.2, 0.25) is 0 Å². The highest BCUT2D eigenvalue weighted by molar-refractivity contribution is 5.16. The van der Waals surface area contributed by atoms with E-state index in [0.717, 1.165) is 44.2 Å². The van der Waals surface area contributed by atoms with Gasteiger partial charge in [-0.3, -0.25) is 9.80 Å². The number of hydrogen-bond acceptors (Lipinski definition) is 3. The van der Waals surface area contributed by atoms with Crippen LogP contribution < -0.4 is 0 Å². The summed E-state index contributed by atoms with van der Waals surface area (Å²) in [6.07, 6.45) is 6.23. The third-order valence-corrected chi connectivity index (χ3v) is 5.24. The van der Waals surface area contributed by atoms with Crippen molar-refractivity contribution < 1.29 is 9.50 Å². The molecule has 0 amide bonds. The zero-order valence-corrected chi connectivity index (χ0v) is 13.3. The summed E-state index contributed by atoms with van der Waals surface area (Å²) in [4.78, 5) is 5.09. The number of nitrogens with zero attached hydrogens (tertiary/aromatic N) is 2. The normalized spacial score (nSPS) is 24.9. The first-order valence-corrected chi connectivity index (χ1v) is 8.59. The van der Waals surface area contributed by atoms with Gasteiger partial charge in [-0.2, -0.15) is 0 Å². The van der Waals surface area contributed by atoms with Gasteiger partial charge in [0.05, 0.1) is 0 Å². The van der Waals surface area contributed by atoms with Crippen molar-refractivity contribution >= 4 is 0 Å². The van der Waals surface area contributed by atoms with Crippen LogP contribution in [0.1, 0.15) is 37.7 Å². The summed E-state index contributed by atoms with van der Waals surface area (Å²) in [6, 6.07) is 7.97. The van der Waals surface area contributed by atoms with E-state index in [1.54, 1.807) is 0 Å². The molecular weight excluding hydrogens is 279 g/mol. The molecule has 4 heteroatoms. The van der Waals surface area contributed by atoms with Gasteiger partial charge in [-0.1, -0.05) is 25.0 Å². The van der Waals surface area contributed by atoms with Gasteiger partial charge in [0.15, 0.2) is 0 Å². The van der Waals surface area contributed by atoms with Crippen molar-refractivity contribution in [3.8, 4) is 0 Å². The highest BCUT2D eigenvalue weighted by Crippen LogP contribution is 2.27. The Morgan fingerprint density at radius 2 is 1.82 bits per heavy atom. The predicted octanol–water partition coefficient (Wildman–Crippen LogP) is 2.64. The summed E-state index contributed by atoms with van der Waals surface area (Å²) >= 11 is 0. The molecule has 1 N–H and O–H groups in total. The Labute approximate surface area is 132 Å². The Morgan fingerprint density at radius 1 is 1.09 bits per heavy atom.